The lowest BCUT2D eigenvalue weighted by atomic mass is 10.1. The number of hydrogen-bond acceptors (Lipinski definition) is 2. The van der Waals surface area contributed by atoms with Crippen molar-refractivity contribution in [2.75, 3.05) is 39.9 Å². The summed E-state index contributed by atoms with van der Waals surface area (Å²) < 4.78 is 5.67. The zero-order valence-electron chi connectivity index (χ0n) is 13.5. The lowest BCUT2D eigenvalue weighted by Gasteiger charge is -2.22. The second kappa shape index (κ2) is 11.6. The molecule has 1 fully saturated rings. The molecule has 1 saturated carbocycles. The van der Waals surface area contributed by atoms with Gasteiger partial charge in [-0.25, -0.2) is 0 Å². The van der Waals surface area contributed by atoms with Gasteiger partial charge in [0, 0.05) is 33.3 Å². The van der Waals surface area contributed by atoms with E-state index >= 15 is 0 Å². The normalized spacial score (nSPS) is 15.2. The number of guanidine groups is 1. The molecule has 0 spiro atoms. The van der Waals surface area contributed by atoms with Crippen LogP contribution in [-0.2, 0) is 4.74 Å². The maximum atomic E-state index is 5.67. The van der Waals surface area contributed by atoms with Crippen molar-refractivity contribution in [3.05, 3.63) is 0 Å². The van der Waals surface area contributed by atoms with Crippen LogP contribution in [0.1, 0.15) is 40.0 Å². The molecule has 0 amide bonds. The van der Waals surface area contributed by atoms with Crippen molar-refractivity contribution < 1.29 is 4.74 Å². The first-order chi connectivity index (χ1) is 9.13. The molecular formula is C15H32IN3O. The quantitative estimate of drug-likeness (QED) is 0.281. The molecule has 4 nitrogen and oxygen atoms in total. The zero-order chi connectivity index (χ0) is 14.1. The summed E-state index contributed by atoms with van der Waals surface area (Å²) in [6.07, 6.45) is 3.85. The average Bonchev–Trinajstić information content (AvgIpc) is 3.17. The van der Waals surface area contributed by atoms with Crippen molar-refractivity contribution in [2.24, 2.45) is 16.8 Å². The summed E-state index contributed by atoms with van der Waals surface area (Å²) in [4.78, 5) is 6.82. The summed E-state index contributed by atoms with van der Waals surface area (Å²) in [7, 11) is 2.08. The molecule has 1 N–H and O–H groups in total. The van der Waals surface area contributed by atoms with Crippen LogP contribution in [0.3, 0.4) is 0 Å². The second-order valence-electron chi connectivity index (χ2n) is 5.86. The highest BCUT2D eigenvalue weighted by Crippen LogP contribution is 2.28. The van der Waals surface area contributed by atoms with E-state index in [1.54, 1.807) is 0 Å². The molecule has 1 aliphatic carbocycles. The van der Waals surface area contributed by atoms with Gasteiger partial charge in [0.05, 0.1) is 6.61 Å². The highest BCUT2D eigenvalue weighted by atomic mass is 127. The lowest BCUT2D eigenvalue weighted by Crippen LogP contribution is -2.40. The maximum Gasteiger partial charge on any atom is 0.193 e. The molecule has 5 heteroatoms. The Labute approximate surface area is 141 Å². The number of halogens is 1. The number of nitrogens with one attached hydrogen (secondary N) is 1. The lowest BCUT2D eigenvalue weighted by molar-refractivity contribution is 0.115. The van der Waals surface area contributed by atoms with Gasteiger partial charge in [-0.05, 0) is 38.0 Å². The molecular weight excluding hydrogens is 365 g/mol. The summed E-state index contributed by atoms with van der Waals surface area (Å²) in [5, 5.41) is 3.34. The van der Waals surface area contributed by atoms with Crippen LogP contribution in [0, 0.1) is 11.8 Å². The van der Waals surface area contributed by atoms with Gasteiger partial charge in [0.15, 0.2) is 5.96 Å². The van der Waals surface area contributed by atoms with Gasteiger partial charge in [-0.15, -0.1) is 24.0 Å². The Morgan fingerprint density at radius 3 is 2.65 bits per heavy atom. The summed E-state index contributed by atoms with van der Waals surface area (Å²) >= 11 is 0. The molecule has 0 heterocycles. The number of likely N-dealkylation sites (N-methyl/N-ethyl adjacent to an activating group) is 1. The van der Waals surface area contributed by atoms with E-state index in [1.807, 2.05) is 0 Å². The third kappa shape index (κ3) is 9.80. The molecule has 0 unspecified atom stereocenters. The van der Waals surface area contributed by atoms with Gasteiger partial charge in [-0.3, -0.25) is 4.99 Å². The number of aliphatic imine (C=N–C) groups is 1. The Kier molecular flexibility index (Phi) is 11.6. The highest BCUT2D eigenvalue weighted by molar-refractivity contribution is 14.0. The third-order valence-corrected chi connectivity index (χ3v) is 3.29. The van der Waals surface area contributed by atoms with E-state index in [4.69, 9.17) is 4.74 Å². The largest absolute Gasteiger partial charge is 0.379 e. The first kappa shape index (κ1) is 20.0. The molecule has 0 saturated heterocycles. The molecule has 1 rings (SSSR count). The highest BCUT2D eigenvalue weighted by Gasteiger charge is 2.21. The maximum absolute atomic E-state index is 5.67. The number of rotatable bonds is 9. The van der Waals surface area contributed by atoms with Gasteiger partial charge in [0.2, 0.25) is 0 Å². The van der Waals surface area contributed by atoms with Gasteiger partial charge in [-0.2, -0.15) is 0 Å². The molecule has 0 radical (unpaired) electrons. The molecule has 0 aromatic heterocycles. The summed E-state index contributed by atoms with van der Waals surface area (Å²) in [5.41, 5.74) is 0. The fourth-order valence-electron chi connectivity index (χ4n) is 1.74. The molecule has 0 aliphatic heterocycles. The topological polar surface area (TPSA) is 36.9 Å². The molecule has 120 valence electrons. The standard InChI is InChI=1S/C15H31N3O.HI/c1-5-16-15(17-9-8-13(2)3)18(4)10-11-19-12-14-6-7-14;/h13-14H,5-12H2,1-4H3,(H,16,17);1H. The van der Waals surface area contributed by atoms with Crippen LogP contribution in [0.15, 0.2) is 4.99 Å². The minimum atomic E-state index is 0. The molecule has 0 aromatic rings. The van der Waals surface area contributed by atoms with Crippen LogP contribution < -0.4 is 5.32 Å². The Morgan fingerprint density at radius 1 is 1.40 bits per heavy atom. The monoisotopic (exact) mass is 397 g/mol. The first-order valence-electron chi connectivity index (χ1n) is 7.70. The SMILES string of the molecule is CCNC(=NCCC(C)C)N(C)CCOCC1CC1.I. The van der Waals surface area contributed by atoms with Crippen LogP contribution in [-0.4, -0.2) is 50.8 Å². The van der Waals surface area contributed by atoms with E-state index in [-0.39, 0.29) is 24.0 Å². The summed E-state index contributed by atoms with van der Waals surface area (Å²) in [5.74, 6) is 2.55. The van der Waals surface area contributed by atoms with Crippen LogP contribution in [0.25, 0.3) is 0 Å². The smallest absolute Gasteiger partial charge is 0.193 e. The van der Waals surface area contributed by atoms with Gasteiger partial charge in [0.25, 0.3) is 0 Å². The van der Waals surface area contributed by atoms with Gasteiger partial charge < -0.3 is 15.0 Å². The predicted molar refractivity (Wildman–Crippen MR) is 97.0 cm³/mol. The zero-order valence-corrected chi connectivity index (χ0v) is 15.9. The molecule has 0 aromatic carbocycles. The minimum absolute atomic E-state index is 0. The molecule has 0 bridgehead atoms. The first-order valence-corrected chi connectivity index (χ1v) is 7.70. The molecule has 20 heavy (non-hydrogen) atoms. The number of nitrogens with zero attached hydrogens (tertiary/aromatic N) is 2. The van der Waals surface area contributed by atoms with Crippen LogP contribution >= 0.6 is 24.0 Å². The van der Waals surface area contributed by atoms with Gasteiger partial charge in [0.1, 0.15) is 0 Å². The van der Waals surface area contributed by atoms with E-state index < -0.39 is 0 Å². The van der Waals surface area contributed by atoms with E-state index in [9.17, 15) is 0 Å². The van der Waals surface area contributed by atoms with Crippen molar-refractivity contribution in [1.29, 1.82) is 0 Å². The fourth-order valence-corrected chi connectivity index (χ4v) is 1.74. The van der Waals surface area contributed by atoms with Crippen molar-refractivity contribution in [2.45, 2.75) is 40.0 Å². The number of hydrogen-bond donors (Lipinski definition) is 1. The van der Waals surface area contributed by atoms with Crippen molar-refractivity contribution in [1.82, 2.24) is 10.2 Å². The molecule has 1 aliphatic rings. The van der Waals surface area contributed by atoms with E-state index in [2.05, 4.69) is 43.0 Å². The minimum Gasteiger partial charge on any atom is -0.379 e. The van der Waals surface area contributed by atoms with Crippen LogP contribution in [0.4, 0.5) is 0 Å². The predicted octanol–water partition coefficient (Wildman–Crippen LogP) is 2.97. The Balaban J connectivity index is 0.00000361. The van der Waals surface area contributed by atoms with E-state index in [0.29, 0.717) is 5.92 Å². The van der Waals surface area contributed by atoms with Crippen LogP contribution in [0.2, 0.25) is 0 Å². The van der Waals surface area contributed by atoms with Crippen LogP contribution in [0.5, 0.6) is 0 Å². The summed E-state index contributed by atoms with van der Waals surface area (Å²) in [6, 6.07) is 0. The Hall–Kier alpha value is -0.0400. The summed E-state index contributed by atoms with van der Waals surface area (Å²) in [6.45, 7) is 11.0. The molecule has 0 atom stereocenters. The van der Waals surface area contributed by atoms with E-state index in [1.165, 1.54) is 12.8 Å². The van der Waals surface area contributed by atoms with Crippen molar-refractivity contribution >= 4 is 29.9 Å². The fraction of sp³-hybridized carbons (Fsp3) is 0.933. The average molecular weight is 397 g/mol. The Morgan fingerprint density at radius 2 is 2.10 bits per heavy atom. The van der Waals surface area contributed by atoms with Gasteiger partial charge >= 0.3 is 0 Å². The number of ether oxygens (including phenoxy) is 1. The Bertz CT molecular complexity index is 268. The third-order valence-electron chi connectivity index (χ3n) is 3.29. The van der Waals surface area contributed by atoms with Crippen molar-refractivity contribution in [3.63, 3.8) is 0 Å². The van der Waals surface area contributed by atoms with Gasteiger partial charge in [-0.1, -0.05) is 13.8 Å². The second-order valence-corrected chi connectivity index (χ2v) is 5.86. The van der Waals surface area contributed by atoms with E-state index in [0.717, 1.165) is 51.1 Å². The van der Waals surface area contributed by atoms with Crippen molar-refractivity contribution in [3.8, 4) is 0 Å².